The van der Waals surface area contributed by atoms with Gasteiger partial charge >= 0.3 is 0 Å². The Morgan fingerprint density at radius 1 is 1.24 bits per heavy atom. The molecule has 6 nitrogen and oxygen atoms in total. The number of ether oxygens (including phenoxy) is 1. The summed E-state index contributed by atoms with van der Waals surface area (Å²) >= 11 is 0. The van der Waals surface area contributed by atoms with Gasteiger partial charge in [0.15, 0.2) is 0 Å². The van der Waals surface area contributed by atoms with Gasteiger partial charge in [0, 0.05) is 51.3 Å². The van der Waals surface area contributed by atoms with Crippen molar-refractivity contribution in [3.05, 3.63) is 0 Å². The van der Waals surface area contributed by atoms with Gasteiger partial charge in [-0.15, -0.1) is 0 Å². The summed E-state index contributed by atoms with van der Waals surface area (Å²) in [7, 11) is -3.04. The van der Waals surface area contributed by atoms with Crippen LogP contribution in [0.5, 0.6) is 0 Å². The fraction of sp³-hybridized carbons (Fsp3) is 1.00. The van der Waals surface area contributed by atoms with Crippen LogP contribution in [0.4, 0.5) is 0 Å². The van der Waals surface area contributed by atoms with Crippen molar-refractivity contribution >= 4 is 10.0 Å². The highest BCUT2D eigenvalue weighted by Crippen LogP contribution is 2.29. The Morgan fingerprint density at radius 2 is 1.95 bits per heavy atom. The molecule has 21 heavy (non-hydrogen) atoms. The van der Waals surface area contributed by atoms with Crippen molar-refractivity contribution < 1.29 is 13.2 Å². The Kier molecular flexibility index (Phi) is 6.02. The molecule has 0 aromatic carbocycles. The van der Waals surface area contributed by atoms with Crippen LogP contribution in [0.25, 0.3) is 0 Å². The van der Waals surface area contributed by atoms with E-state index in [1.54, 1.807) is 4.31 Å². The lowest BCUT2D eigenvalue weighted by Gasteiger charge is -2.39. The first kappa shape index (κ1) is 17.1. The van der Waals surface area contributed by atoms with Crippen molar-refractivity contribution in [3.8, 4) is 0 Å². The molecular formula is C14H29N3O3S. The van der Waals surface area contributed by atoms with Crippen LogP contribution in [0.3, 0.4) is 0 Å². The van der Waals surface area contributed by atoms with Gasteiger partial charge in [0.25, 0.3) is 0 Å². The van der Waals surface area contributed by atoms with Crippen molar-refractivity contribution in [1.82, 2.24) is 14.5 Å². The molecule has 2 aliphatic heterocycles. The quantitative estimate of drug-likeness (QED) is 0.668. The topological polar surface area (TPSA) is 61.9 Å². The molecule has 0 spiro atoms. The maximum Gasteiger partial charge on any atom is 0.211 e. The van der Waals surface area contributed by atoms with E-state index in [1.165, 1.54) is 6.26 Å². The minimum Gasteiger partial charge on any atom is -0.381 e. The molecule has 0 amide bonds. The van der Waals surface area contributed by atoms with Crippen molar-refractivity contribution in [2.24, 2.45) is 5.41 Å². The van der Waals surface area contributed by atoms with Gasteiger partial charge in [-0.1, -0.05) is 6.92 Å². The van der Waals surface area contributed by atoms with Gasteiger partial charge < -0.3 is 15.0 Å². The molecule has 1 N–H and O–H groups in total. The molecular weight excluding hydrogens is 290 g/mol. The van der Waals surface area contributed by atoms with E-state index in [-0.39, 0.29) is 5.41 Å². The third-order valence-electron chi connectivity index (χ3n) is 4.47. The average Bonchev–Trinajstić information content (AvgIpc) is 2.87. The summed E-state index contributed by atoms with van der Waals surface area (Å²) in [5.74, 6) is 0. The van der Waals surface area contributed by atoms with Crippen LogP contribution in [0.15, 0.2) is 0 Å². The second kappa shape index (κ2) is 7.37. The summed E-state index contributed by atoms with van der Waals surface area (Å²) in [5.41, 5.74) is 0.197. The maximum atomic E-state index is 11.6. The van der Waals surface area contributed by atoms with Crippen LogP contribution >= 0.6 is 0 Å². The van der Waals surface area contributed by atoms with E-state index < -0.39 is 10.0 Å². The summed E-state index contributed by atoms with van der Waals surface area (Å²) in [4.78, 5) is 2.39. The molecule has 0 radical (unpaired) electrons. The third-order valence-corrected chi connectivity index (χ3v) is 5.77. The van der Waals surface area contributed by atoms with E-state index in [0.29, 0.717) is 13.1 Å². The zero-order chi connectivity index (χ0) is 15.3. The van der Waals surface area contributed by atoms with Gasteiger partial charge in [0.05, 0.1) is 12.9 Å². The zero-order valence-electron chi connectivity index (χ0n) is 13.3. The molecule has 2 heterocycles. The van der Waals surface area contributed by atoms with Crippen molar-refractivity contribution in [2.45, 2.75) is 19.8 Å². The van der Waals surface area contributed by atoms with Gasteiger partial charge in [-0.25, -0.2) is 8.42 Å². The lowest BCUT2D eigenvalue weighted by molar-refractivity contribution is 0.0899. The van der Waals surface area contributed by atoms with E-state index in [1.807, 2.05) is 0 Å². The molecule has 0 aromatic heterocycles. The van der Waals surface area contributed by atoms with Crippen molar-refractivity contribution in [2.75, 3.05) is 65.3 Å². The lowest BCUT2D eigenvalue weighted by atomic mass is 9.86. The van der Waals surface area contributed by atoms with Gasteiger partial charge in [-0.2, -0.15) is 4.31 Å². The Labute approximate surface area is 128 Å². The Hall–Kier alpha value is -0.210. The Bertz CT molecular complexity index is 413. The largest absolute Gasteiger partial charge is 0.381 e. The zero-order valence-corrected chi connectivity index (χ0v) is 14.1. The predicted octanol–water partition coefficient (Wildman–Crippen LogP) is -0.0301. The maximum absolute atomic E-state index is 11.6. The highest BCUT2D eigenvalue weighted by atomic mass is 32.2. The van der Waals surface area contributed by atoms with Gasteiger partial charge in [-0.3, -0.25) is 0 Å². The summed E-state index contributed by atoms with van der Waals surface area (Å²) in [6.45, 7) is 9.74. The number of hydrogen-bond donors (Lipinski definition) is 1. The summed E-state index contributed by atoms with van der Waals surface area (Å²) in [5, 5.41) is 3.53. The van der Waals surface area contributed by atoms with E-state index in [4.69, 9.17) is 4.74 Å². The monoisotopic (exact) mass is 319 g/mol. The molecule has 0 bridgehead atoms. The summed E-state index contributed by atoms with van der Waals surface area (Å²) in [6, 6.07) is 0. The Morgan fingerprint density at radius 3 is 2.48 bits per heavy atom. The van der Waals surface area contributed by atoms with Crippen LogP contribution in [0.1, 0.15) is 19.8 Å². The van der Waals surface area contributed by atoms with Crippen LogP contribution in [-0.2, 0) is 14.8 Å². The minimum atomic E-state index is -3.04. The molecule has 2 saturated heterocycles. The average molecular weight is 319 g/mol. The smallest absolute Gasteiger partial charge is 0.211 e. The first-order valence-electron chi connectivity index (χ1n) is 7.91. The van der Waals surface area contributed by atoms with Crippen LogP contribution in [0.2, 0.25) is 0 Å². The highest BCUT2D eigenvalue weighted by Gasteiger charge is 2.37. The standard InChI is InChI=1S/C14H29N3O3S/c1-3-5-15-11-14(4-10-20-13-14)12-16-6-8-17(9-7-16)21(2,18)19/h15H,3-13H2,1-2H3. The molecule has 0 aromatic rings. The molecule has 7 heteroatoms. The second-order valence-electron chi connectivity index (χ2n) is 6.42. The summed E-state index contributed by atoms with van der Waals surface area (Å²) < 4.78 is 30.3. The van der Waals surface area contributed by atoms with E-state index in [0.717, 1.165) is 58.8 Å². The molecule has 2 rings (SSSR count). The second-order valence-corrected chi connectivity index (χ2v) is 8.40. The first-order valence-corrected chi connectivity index (χ1v) is 9.76. The normalized spacial score (nSPS) is 29.0. The van der Waals surface area contributed by atoms with E-state index in [2.05, 4.69) is 17.1 Å². The van der Waals surface area contributed by atoms with Crippen molar-refractivity contribution in [1.29, 1.82) is 0 Å². The third kappa shape index (κ3) is 4.89. The van der Waals surface area contributed by atoms with Gasteiger partial charge in [-0.05, 0) is 19.4 Å². The molecule has 2 aliphatic rings. The van der Waals surface area contributed by atoms with Crippen LogP contribution < -0.4 is 5.32 Å². The number of hydrogen-bond acceptors (Lipinski definition) is 5. The molecule has 1 unspecified atom stereocenters. The number of sulfonamides is 1. The van der Waals surface area contributed by atoms with Crippen molar-refractivity contribution in [3.63, 3.8) is 0 Å². The lowest BCUT2D eigenvalue weighted by Crippen LogP contribution is -2.53. The van der Waals surface area contributed by atoms with Gasteiger partial charge in [0.1, 0.15) is 0 Å². The molecule has 124 valence electrons. The SMILES string of the molecule is CCCNCC1(CN2CCN(S(C)(=O)=O)CC2)CCOC1. The van der Waals surface area contributed by atoms with Crippen LogP contribution in [-0.4, -0.2) is 82.9 Å². The van der Waals surface area contributed by atoms with E-state index in [9.17, 15) is 8.42 Å². The minimum absolute atomic E-state index is 0.197. The van der Waals surface area contributed by atoms with Gasteiger partial charge in [0.2, 0.25) is 10.0 Å². The predicted molar refractivity (Wildman–Crippen MR) is 83.9 cm³/mol. The van der Waals surface area contributed by atoms with Crippen LogP contribution in [0, 0.1) is 5.41 Å². The number of nitrogens with zero attached hydrogens (tertiary/aromatic N) is 2. The molecule has 0 saturated carbocycles. The fourth-order valence-electron chi connectivity index (χ4n) is 3.19. The Balaban J connectivity index is 1.85. The number of rotatable bonds is 7. The van der Waals surface area contributed by atoms with E-state index >= 15 is 0 Å². The highest BCUT2D eigenvalue weighted by molar-refractivity contribution is 7.88. The number of piperazine rings is 1. The molecule has 2 fully saturated rings. The molecule has 0 aliphatic carbocycles. The number of nitrogens with one attached hydrogen (secondary N) is 1. The molecule has 1 atom stereocenters. The first-order chi connectivity index (χ1) is 9.95. The summed E-state index contributed by atoms with van der Waals surface area (Å²) in [6.07, 6.45) is 3.53. The fourth-order valence-corrected chi connectivity index (χ4v) is 4.02.